The highest BCUT2D eigenvalue weighted by Gasteiger charge is 2.47. The zero-order valence-corrected chi connectivity index (χ0v) is 26.9. The molecule has 2 amide bonds. The highest BCUT2D eigenvalue weighted by Crippen LogP contribution is 2.50. The van der Waals surface area contributed by atoms with E-state index >= 15 is 0 Å². The molecule has 7 rings (SSSR count). The van der Waals surface area contributed by atoms with Crippen molar-refractivity contribution >= 4 is 79.9 Å². The molecule has 0 radical (unpaired) electrons. The third kappa shape index (κ3) is 4.99. The summed E-state index contributed by atoms with van der Waals surface area (Å²) in [4.78, 5) is 55.3. The number of carbonyl (C=O) groups excluding carboxylic acids is 4. The molecular weight excluding hydrogens is 627 g/mol. The van der Waals surface area contributed by atoms with Crippen LogP contribution in [0.25, 0.3) is 21.5 Å². The van der Waals surface area contributed by atoms with Crippen molar-refractivity contribution in [2.24, 2.45) is 11.8 Å². The topological polar surface area (TPSA) is 93.2 Å². The minimum absolute atomic E-state index is 0.0643. The number of rotatable bonds is 6. The second-order valence-electron chi connectivity index (χ2n) is 12.4. The van der Waals surface area contributed by atoms with Gasteiger partial charge in [-0.3, -0.25) is 19.2 Å². The first-order chi connectivity index (χ1) is 22.2. The van der Waals surface area contributed by atoms with Crippen LogP contribution in [0.3, 0.4) is 0 Å². The number of esters is 2. The van der Waals surface area contributed by atoms with Gasteiger partial charge in [0.15, 0.2) is 0 Å². The number of hydrogen-bond donors (Lipinski definition) is 0. The summed E-state index contributed by atoms with van der Waals surface area (Å²) in [6.07, 6.45) is 0.836. The van der Waals surface area contributed by atoms with Crippen LogP contribution in [-0.4, -0.2) is 48.6 Å². The van der Waals surface area contributed by atoms with E-state index in [-0.39, 0.29) is 35.5 Å². The van der Waals surface area contributed by atoms with Crippen LogP contribution < -0.4 is 19.3 Å². The van der Waals surface area contributed by atoms with E-state index in [1.807, 2.05) is 48.5 Å². The largest absolute Gasteiger partial charge is 0.426 e. The number of carbonyl (C=O) groups is 4. The average molecular weight is 660 g/mol. The van der Waals surface area contributed by atoms with E-state index in [0.717, 1.165) is 32.7 Å². The molecule has 0 N–H and O–H groups in total. The molecule has 8 nitrogen and oxygen atoms in total. The number of benzene rings is 4. The van der Waals surface area contributed by atoms with E-state index in [1.54, 1.807) is 21.9 Å². The van der Waals surface area contributed by atoms with Crippen LogP contribution in [0, 0.1) is 11.8 Å². The lowest BCUT2D eigenvalue weighted by Crippen LogP contribution is -2.47. The third-order valence-corrected chi connectivity index (χ3v) is 10.3. The summed E-state index contributed by atoms with van der Waals surface area (Å²) in [6.45, 7) is 3.55. The quantitative estimate of drug-likeness (QED) is 0.127. The van der Waals surface area contributed by atoms with E-state index in [4.69, 9.17) is 32.7 Å². The Balaban J connectivity index is 1.15. The van der Waals surface area contributed by atoms with Gasteiger partial charge in [0.05, 0.1) is 11.4 Å². The number of ether oxygens (including phenoxy) is 2. The van der Waals surface area contributed by atoms with Crippen molar-refractivity contribution in [2.45, 2.75) is 38.5 Å². The Morgan fingerprint density at radius 1 is 0.652 bits per heavy atom. The summed E-state index contributed by atoms with van der Waals surface area (Å²) in [6, 6.07) is 18.9. The standard InChI is InChI=1S/C36H32Cl2N2O6/c1-19(41)45-31-13-29-33(27-9-5-3-7-25(27)31)23(15-37)17-39(29)35(43)21-11-22(12-21)36(44)40-18-24(16-38)34-28-10-6-4-8-26(28)32(14-30(34)40)46-20(2)42/h3-10,13-14,21-24H,11-12,15-18H2,1-2H3/t21-,22+,23-,24-/m1/s1. The summed E-state index contributed by atoms with van der Waals surface area (Å²) < 4.78 is 11.1. The molecule has 0 aromatic heterocycles. The SMILES string of the molecule is CC(=O)Oc1cc2c(c3ccccc13)[C@H](CCl)CN2C(=O)[C@H]1C[C@@H](C(=O)N2C[C@@H](CCl)c3c2cc(OC(C)=O)c2ccccc32)C1. The van der Waals surface area contributed by atoms with Crippen LogP contribution in [0.4, 0.5) is 11.4 Å². The number of halogens is 2. The Hall–Kier alpha value is -4.14. The molecule has 1 saturated carbocycles. The monoisotopic (exact) mass is 658 g/mol. The van der Waals surface area contributed by atoms with Gasteiger partial charge in [-0.15, -0.1) is 23.2 Å². The summed E-state index contributed by atoms with van der Waals surface area (Å²) in [5.74, 6) is -0.371. The molecule has 4 aromatic carbocycles. The maximum atomic E-state index is 14.0. The van der Waals surface area contributed by atoms with Gasteiger partial charge in [0.1, 0.15) is 11.5 Å². The van der Waals surface area contributed by atoms with Gasteiger partial charge in [-0.1, -0.05) is 48.5 Å². The number of fused-ring (bicyclic) bond motifs is 6. The van der Waals surface area contributed by atoms with Crippen molar-refractivity contribution in [1.82, 2.24) is 0 Å². The first-order valence-electron chi connectivity index (χ1n) is 15.4. The van der Waals surface area contributed by atoms with Crippen molar-refractivity contribution in [3.63, 3.8) is 0 Å². The van der Waals surface area contributed by atoms with Crippen LogP contribution in [0.15, 0.2) is 60.7 Å². The Morgan fingerprint density at radius 3 is 1.37 bits per heavy atom. The fourth-order valence-corrected chi connectivity index (χ4v) is 7.94. The molecule has 0 unspecified atom stereocenters. The third-order valence-electron chi connectivity index (χ3n) is 9.51. The molecule has 2 atom stereocenters. The smallest absolute Gasteiger partial charge is 0.308 e. The molecule has 2 aliphatic heterocycles. The fourth-order valence-electron chi connectivity index (χ4n) is 7.44. The van der Waals surface area contributed by atoms with Gasteiger partial charge in [0.25, 0.3) is 0 Å². The highest BCUT2D eigenvalue weighted by molar-refractivity contribution is 6.19. The molecule has 2 heterocycles. The van der Waals surface area contributed by atoms with E-state index in [9.17, 15) is 19.2 Å². The van der Waals surface area contributed by atoms with Gasteiger partial charge in [0.2, 0.25) is 11.8 Å². The summed E-state index contributed by atoms with van der Waals surface area (Å²) in [5, 5.41) is 3.39. The first-order valence-corrected chi connectivity index (χ1v) is 16.5. The minimum atomic E-state index is -0.442. The Labute approximate surface area is 276 Å². The van der Waals surface area contributed by atoms with Gasteiger partial charge < -0.3 is 19.3 Å². The molecule has 0 bridgehead atoms. The molecule has 46 heavy (non-hydrogen) atoms. The van der Waals surface area contributed by atoms with Crippen LogP contribution >= 0.6 is 23.2 Å². The van der Waals surface area contributed by atoms with Gasteiger partial charge in [-0.05, 0) is 34.7 Å². The maximum absolute atomic E-state index is 14.0. The predicted octanol–water partition coefficient (Wildman–Crippen LogP) is 6.91. The van der Waals surface area contributed by atoms with Crippen molar-refractivity contribution in [2.75, 3.05) is 34.6 Å². The second-order valence-corrected chi connectivity index (χ2v) is 13.0. The molecule has 1 fully saturated rings. The Bertz CT molecular complexity index is 1800. The van der Waals surface area contributed by atoms with Crippen LogP contribution in [0.2, 0.25) is 0 Å². The summed E-state index contributed by atoms with van der Waals surface area (Å²) in [7, 11) is 0. The van der Waals surface area contributed by atoms with Crippen molar-refractivity contribution in [3.05, 3.63) is 71.8 Å². The number of amides is 2. The van der Waals surface area contributed by atoms with Crippen molar-refractivity contribution < 1.29 is 28.7 Å². The molecule has 1 aliphatic carbocycles. The Morgan fingerprint density at radius 2 is 1.02 bits per heavy atom. The molecule has 4 aromatic rings. The summed E-state index contributed by atoms with van der Waals surface area (Å²) in [5.41, 5.74) is 3.34. The lowest BCUT2D eigenvalue weighted by molar-refractivity contribution is -0.133. The molecule has 236 valence electrons. The zero-order chi connectivity index (χ0) is 32.3. The van der Waals surface area contributed by atoms with Crippen molar-refractivity contribution in [1.29, 1.82) is 0 Å². The second kappa shape index (κ2) is 11.9. The van der Waals surface area contributed by atoms with Crippen LogP contribution in [0.5, 0.6) is 11.5 Å². The number of anilines is 2. The van der Waals surface area contributed by atoms with E-state index in [0.29, 0.717) is 60.6 Å². The Kier molecular flexibility index (Phi) is 7.89. The molecule has 0 saturated heterocycles. The van der Waals surface area contributed by atoms with Gasteiger partial charge in [-0.2, -0.15) is 0 Å². The van der Waals surface area contributed by atoms with Gasteiger partial charge >= 0.3 is 11.9 Å². The maximum Gasteiger partial charge on any atom is 0.308 e. The highest BCUT2D eigenvalue weighted by atomic mass is 35.5. The fraction of sp³-hybridized carbons (Fsp3) is 0.333. The van der Waals surface area contributed by atoms with Crippen LogP contribution in [-0.2, 0) is 19.2 Å². The lowest BCUT2D eigenvalue weighted by atomic mass is 9.73. The minimum Gasteiger partial charge on any atom is -0.426 e. The molecule has 0 spiro atoms. The zero-order valence-electron chi connectivity index (χ0n) is 25.4. The van der Waals surface area contributed by atoms with Gasteiger partial charge in [0, 0.05) is 85.3 Å². The first kappa shape index (κ1) is 30.5. The van der Waals surface area contributed by atoms with Gasteiger partial charge in [-0.25, -0.2) is 0 Å². The molecule has 10 heteroatoms. The number of alkyl halides is 2. The van der Waals surface area contributed by atoms with E-state index < -0.39 is 11.9 Å². The van der Waals surface area contributed by atoms with Crippen molar-refractivity contribution in [3.8, 4) is 11.5 Å². The van der Waals surface area contributed by atoms with E-state index in [1.165, 1.54) is 13.8 Å². The molecular formula is C36H32Cl2N2O6. The normalized spacial score (nSPS) is 21.6. The average Bonchev–Trinajstić information content (AvgIpc) is 3.58. The number of nitrogens with zero attached hydrogens (tertiary/aromatic N) is 2. The van der Waals surface area contributed by atoms with E-state index in [2.05, 4.69) is 0 Å². The lowest BCUT2D eigenvalue weighted by Gasteiger charge is -2.38. The molecule has 3 aliphatic rings. The van der Waals surface area contributed by atoms with Crippen LogP contribution in [0.1, 0.15) is 49.7 Å². The number of hydrogen-bond acceptors (Lipinski definition) is 6. The predicted molar refractivity (Wildman–Crippen MR) is 178 cm³/mol. The summed E-state index contributed by atoms with van der Waals surface area (Å²) >= 11 is 12.8.